The van der Waals surface area contributed by atoms with Gasteiger partial charge in [-0.2, -0.15) is 0 Å². The van der Waals surface area contributed by atoms with E-state index in [0.29, 0.717) is 0 Å². The quantitative estimate of drug-likeness (QED) is 0.431. The molecule has 2 aromatic carbocycles. The molecule has 0 bridgehead atoms. The van der Waals surface area contributed by atoms with Crippen molar-refractivity contribution in [3.63, 3.8) is 0 Å². The van der Waals surface area contributed by atoms with E-state index in [1.54, 1.807) is 0 Å². The minimum atomic E-state index is 0.0978. The molecule has 3 aromatic rings. The van der Waals surface area contributed by atoms with Crippen molar-refractivity contribution in [2.24, 2.45) is 0 Å². The molecule has 28 heavy (non-hydrogen) atoms. The summed E-state index contributed by atoms with van der Waals surface area (Å²) in [7, 11) is 0. The van der Waals surface area contributed by atoms with E-state index in [9.17, 15) is 0 Å². The molecule has 0 saturated heterocycles. The molecule has 0 aliphatic heterocycles. The van der Waals surface area contributed by atoms with Crippen molar-refractivity contribution in [1.29, 1.82) is 0 Å². The molecule has 0 unspecified atom stereocenters. The fraction of sp³-hybridized carbons (Fsp3) is 0.346. The van der Waals surface area contributed by atoms with Gasteiger partial charge in [0, 0.05) is 22.3 Å². The molecule has 2 heteroatoms. The minimum Gasteiger partial charge on any atom is -0.256 e. The Morgan fingerprint density at radius 3 is 1.71 bits per heavy atom. The first kappa shape index (κ1) is 20.6. The Kier molecular flexibility index (Phi) is 5.42. The second-order valence-corrected chi connectivity index (χ2v) is 10.1. The number of benzene rings is 2. The van der Waals surface area contributed by atoms with Gasteiger partial charge in [-0.25, -0.2) is 0 Å². The van der Waals surface area contributed by atoms with Gasteiger partial charge in [-0.05, 0) is 58.2 Å². The van der Waals surface area contributed by atoms with Gasteiger partial charge in [0.15, 0.2) is 0 Å². The van der Waals surface area contributed by atoms with Crippen LogP contribution in [0.25, 0.3) is 22.4 Å². The number of rotatable bonds is 2. The molecule has 0 saturated carbocycles. The molecule has 146 valence electrons. The highest BCUT2D eigenvalue weighted by atomic mass is 35.5. The zero-order valence-corrected chi connectivity index (χ0v) is 18.8. The third kappa shape index (κ3) is 4.47. The number of hydrogen-bond acceptors (Lipinski definition) is 1. The summed E-state index contributed by atoms with van der Waals surface area (Å²) in [5, 5.41) is 0.741. The standard InChI is InChI=1S/C26H30ClN/c1-17-12-24(18-8-10-22(27)11-9-18)28-16-23(17)19-13-20(25(2,3)4)15-21(14-19)26(5,6)7/h8-16H,1-7H3. The van der Waals surface area contributed by atoms with Crippen LogP contribution in [0.4, 0.5) is 0 Å². The van der Waals surface area contributed by atoms with E-state index in [-0.39, 0.29) is 10.8 Å². The molecule has 0 atom stereocenters. The van der Waals surface area contributed by atoms with Crippen molar-refractivity contribution in [1.82, 2.24) is 4.98 Å². The Bertz CT molecular complexity index is 954. The maximum absolute atomic E-state index is 6.02. The molecule has 0 aliphatic rings. The van der Waals surface area contributed by atoms with Crippen LogP contribution in [0.1, 0.15) is 58.2 Å². The van der Waals surface area contributed by atoms with Gasteiger partial charge in [0.25, 0.3) is 0 Å². The normalized spacial score (nSPS) is 12.3. The van der Waals surface area contributed by atoms with Gasteiger partial charge in [0.1, 0.15) is 0 Å². The maximum atomic E-state index is 6.02. The monoisotopic (exact) mass is 391 g/mol. The Morgan fingerprint density at radius 2 is 1.25 bits per heavy atom. The van der Waals surface area contributed by atoms with Gasteiger partial charge in [0.05, 0.1) is 5.69 Å². The lowest BCUT2D eigenvalue weighted by Crippen LogP contribution is -2.16. The highest BCUT2D eigenvalue weighted by Gasteiger charge is 2.21. The van der Waals surface area contributed by atoms with Gasteiger partial charge in [0.2, 0.25) is 0 Å². The van der Waals surface area contributed by atoms with Crippen molar-refractivity contribution >= 4 is 11.6 Å². The zero-order chi connectivity index (χ0) is 20.7. The van der Waals surface area contributed by atoms with E-state index in [2.05, 4.69) is 72.7 Å². The molecule has 0 fully saturated rings. The van der Waals surface area contributed by atoms with E-state index in [1.165, 1.54) is 27.8 Å². The Labute approximate surface area is 174 Å². The summed E-state index contributed by atoms with van der Waals surface area (Å²) in [6, 6.07) is 17.0. The predicted molar refractivity (Wildman–Crippen MR) is 122 cm³/mol. The third-order valence-corrected chi connectivity index (χ3v) is 5.48. The van der Waals surface area contributed by atoms with Crippen molar-refractivity contribution in [3.8, 4) is 22.4 Å². The second kappa shape index (κ2) is 7.37. The van der Waals surface area contributed by atoms with E-state index >= 15 is 0 Å². The zero-order valence-electron chi connectivity index (χ0n) is 18.0. The van der Waals surface area contributed by atoms with Gasteiger partial charge in [-0.3, -0.25) is 4.98 Å². The molecule has 0 radical (unpaired) electrons. The number of aromatic nitrogens is 1. The van der Waals surface area contributed by atoms with Crippen LogP contribution in [0.5, 0.6) is 0 Å². The van der Waals surface area contributed by atoms with Crippen LogP contribution in [0, 0.1) is 6.92 Å². The fourth-order valence-corrected chi connectivity index (χ4v) is 3.41. The smallest absolute Gasteiger partial charge is 0.0705 e. The van der Waals surface area contributed by atoms with Crippen LogP contribution in [0.15, 0.2) is 54.7 Å². The van der Waals surface area contributed by atoms with Crippen molar-refractivity contribution in [2.75, 3.05) is 0 Å². The SMILES string of the molecule is Cc1cc(-c2ccc(Cl)cc2)ncc1-c1cc(C(C)(C)C)cc(C(C)(C)C)c1. The third-order valence-electron chi connectivity index (χ3n) is 5.23. The van der Waals surface area contributed by atoms with Crippen molar-refractivity contribution < 1.29 is 0 Å². The average Bonchev–Trinajstić information content (AvgIpc) is 2.60. The molecular weight excluding hydrogens is 362 g/mol. The lowest BCUT2D eigenvalue weighted by atomic mass is 9.78. The summed E-state index contributed by atoms with van der Waals surface area (Å²) < 4.78 is 0. The maximum Gasteiger partial charge on any atom is 0.0705 e. The van der Waals surface area contributed by atoms with Gasteiger partial charge >= 0.3 is 0 Å². The van der Waals surface area contributed by atoms with Crippen LogP contribution >= 0.6 is 11.6 Å². The molecule has 3 rings (SSSR count). The van der Waals surface area contributed by atoms with E-state index in [0.717, 1.165) is 16.3 Å². The molecule has 0 spiro atoms. The highest BCUT2D eigenvalue weighted by molar-refractivity contribution is 6.30. The van der Waals surface area contributed by atoms with Gasteiger partial charge < -0.3 is 0 Å². The summed E-state index contributed by atoms with van der Waals surface area (Å²) in [6.45, 7) is 15.8. The van der Waals surface area contributed by atoms with Crippen LogP contribution in [0.2, 0.25) is 5.02 Å². The van der Waals surface area contributed by atoms with Crippen LogP contribution in [-0.2, 0) is 10.8 Å². The lowest BCUT2D eigenvalue weighted by molar-refractivity contribution is 0.569. The highest BCUT2D eigenvalue weighted by Crippen LogP contribution is 2.35. The van der Waals surface area contributed by atoms with Crippen molar-refractivity contribution in [2.45, 2.75) is 59.3 Å². The van der Waals surface area contributed by atoms with E-state index < -0.39 is 0 Å². The van der Waals surface area contributed by atoms with Crippen LogP contribution in [-0.4, -0.2) is 4.98 Å². The molecule has 1 aromatic heterocycles. The largest absolute Gasteiger partial charge is 0.256 e. The molecule has 0 amide bonds. The summed E-state index contributed by atoms with van der Waals surface area (Å²) in [5.74, 6) is 0. The van der Waals surface area contributed by atoms with Gasteiger partial charge in [-0.1, -0.05) is 83.5 Å². The number of nitrogens with zero attached hydrogens (tertiary/aromatic N) is 1. The van der Waals surface area contributed by atoms with E-state index in [4.69, 9.17) is 16.6 Å². The molecule has 1 nitrogen and oxygen atoms in total. The van der Waals surface area contributed by atoms with Crippen molar-refractivity contribution in [3.05, 3.63) is 76.4 Å². The Morgan fingerprint density at radius 1 is 0.714 bits per heavy atom. The molecule has 0 aliphatic carbocycles. The molecule has 0 N–H and O–H groups in total. The minimum absolute atomic E-state index is 0.0978. The summed E-state index contributed by atoms with van der Waals surface area (Å²) >= 11 is 6.02. The number of hydrogen-bond donors (Lipinski definition) is 0. The van der Waals surface area contributed by atoms with Crippen LogP contribution in [0.3, 0.4) is 0 Å². The first-order valence-electron chi connectivity index (χ1n) is 9.84. The number of halogens is 1. The van der Waals surface area contributed by atoms with Gasteiger partial charge in [-0.15, -0.1) is 0 Å². The molecular formula is C26H30ClN. The lowest BCUT2D eigenvalue weighted by Gasteiger charge is -2.26. The average molecular weight is 392 g/mol. The summed E-state index contributed by atoms with van der Waals surface area (Å²) in [4.78, 5) is 4.76. The second-order valence-electron chi connectivity index (χ2n) is 9.69. The predicted octanol–water partition coefficient (Wildman–Crippen LogP) is 7.97. The Balaban J connectivity index is 2.11. The first-order chi connectivity index (χ1) is 12.9. The number of aryl methyl sites for hydroxylation is 1. The van der Waals surface area contributed by atoms with E-state index in [1.807, 2.05) is 30.5 Å². The fourth-order valence-electron chi connectivity index (χ4n) is 3.29. The topological polar surface area (TPSA) is 12.9 Å². The Hall–Kier alpha value is -2.12. The summed E-state index contributed by atoms with van der Waals surface area (Å²) in [6.07, 6.45) is 2.01. The van der Waals surface area contributed by atoms with Crippen LogP contribution < -0.4 is 0 Å². The molecule has 1 heterocycles. The first-order valence-corrected chi connectivity index (χ1v) is 10.2. The number of pyridine rings is 1. The summed E-state index contributed by atoms with van der Waals surface area (Å²) in [5.41, 5.74) is 8.62.